The zero-order valence-electron chi connectivity index (χ0n) is 14.5. The topological polar surface area (TPSA) is 77.0 Å². The molecule has 0 spiro atoms. The number of rotatable bonds is 7. The molecule has 2 fully saturated rings. The number of hydrogen-bond acceptors (Lipinski definition) is 6. The average Bonchev–Trinajstić information content (AvgIpc) is 2.92. The molecule has 144 valence electrons. The lowest BCUT2D eigenvalue weighted by Gasteiger charge is -2.34. The first-order valence-corrected chi connectivity index (χ1v) is 8.59. The molecule has 0 amide bonds. The number of halogens is 2. The van der Waals surface area contributed by atoms with Crippen molar-refractivity contribution in [2.75, 3.05) is 20.3 Å². The highest BCUT2D eigenvalue weighted by molar-refractivity contribution is 5.71. The van der Waals surface area contributed by atoms with Gasteiger partial charge in [-0.1, -0.05) is 12.1 Å². The molecule has 0 aromatic heterocycles. The third-order valence-corrected chi connectivity index (χ3v) is 4.74. The zero-order valence-corrected chi connectivity index (χ0v) is 14.5. The minimum Gasteiger partial charge on any atom is -0.497 e. The normalized spacial score (nSPS) is 27.8. The van der Waals surface area contributed by atoms with Gasteiger partial charge in [0.05, 0.1) is 19.3 Å². The van der Waals surface area contributed by atoms with Crippen molar-refractivity contribution in [1.82, 2.24) is 5.32 Å². The molecule has 2 aliphatic rings. The maximum absolute atomic E-state index is 12.8. The van der Waals surface area contributed by atoms with E-state index in [1.165, 1.54) is 0 Å². The van der Waals surface area contributed by atoms with Crippen molar-refractivity contribution in [2.24, 2.45) is 0 Å². The number of carbonyl (C=O) groups excluding carboxylic acids is 1. The molecule has 0 bridgehead atoms. The van der Waals surface area contributed by atoms with Crippen molar-refractivity contribution in [2.45, 2.75) is 49.5 Å². The van der Waals surface area contributed by atoms with Crippen LogP contribution in [0.2, 0.25) is 0 Å². The van der Waals surface area contributed by atoms with E-state index in [1.807, 2.05) is 24.3 Å². The van der Waals surface area contributed by atoms with Crippen molar-refractivity contribution in [1.29, 1.82) is 0 Å². The molecule has 3 rings (SSSR count). The van der Waals surface area contributed by atoms with E-state index >= 15 is 0 Å². The molecule has 2 N–H and O–H groups in total. The van der Waals surface area contributed by atoms with E-state index in [0.29, 0.717) is 13.0 Å². The third kappa shape index (κ3) is 4.69. The first-order chi connectivity index (χ1) is 12.4. The Balaban J connectivity index is 1.49. The van der Waals surface area contributed by atoms with Gasteiger partial charge in [-0.15, -0.1) is 0 Å². The van der Waals surface area contributed by atoms with Gasteiger partial charge in [0.15, 0.2) is 0 Å². The van der Waals surface area contributed by atoms with Crippen molar-refractivity contribution >= 4 is 5.97 Å². The Kier molecular flexibility index (Phi) is 5.74. The van der Waals surface area contributed by atoms with Gasteiger partial charge < -0.3 is 24.6 Å². The third-order valence-electron chi connectivity index (χ3n) is 4.74. The van der Waals surface area contributed by atoms with E-state index < -0.39 is 30.2 Å². The van der Waals surface area contributed by atoms with E-state index in [1.54, 1.807) is 7.11 Å². The van der Waals surface area contributed by atoms with E-state index in [4.69, 9.17) is 14.2 Å². The molecule has 3 atom stereocenters. The summed E-state index contributed by atoms with van der Waals surface area (Å²) in [5, 5.41) is 13.2. The number of aliphatic hydroxyl groups is 1. The van der Waals surface area contributed by atoms with Crippen LogP contribution in [-0.4, -0.2) is 61.6 Å². The van der Waals surface area contributed by atoms with Crippen LogP contribution in [0.5, 0.6) is 5.75 Å². The van der Waals surface area contributed by atoms with Crippen LogP contribution in [-0.2, 0) is 20.7 Å². The summed E-state index contributed by atoms with van der Waals surface area (Å²) in [5.74, 6) is -2.61. The number of esters is 1. The number of β-amino-alcohol motifs (C(OH)–C–C–N with tert-alkyl or cyclic N) is 1. The summed E-state index contributed by atoms with van der Waals surface area (Å²) in [6.45, 7) is -0.0757. The van der Waals surface area contributed by atoms with E-state index in [2.05, 4.69) is 5.32 Å². The Morgan fingerprint density at radius 2 is 2.00 bits per heavy atom. The lowest BCUT2D eigenvalue weighted by molar-refractivity contribution is -0.184. The van der Waals surface area contributed by atoms with E-state index in [0.717, 1.165) is 11.3 Å². The quantitative estimate of drug-likeness (QED) is 0.704. The molecule has 1 aromatic carbocycles. The van der Waals surface area contributed by atoms with Gasteiger partial charge in [-0.05, 0) is 24.1 Å². The molecule has 6 nitrogen and oxygen atoms in total. The molecule has 0 radical (unpaired) electrons. The average molecular weight is 371 g/mol. The Morgan fingerprint density at radius 1 is 1.31 bits per heavy atom. The number of ether oxygens (including phenoxy) is 3. The van der Waals surface area contributed by atoms with Gasteiger partial charge in [0.2, 0.25) is 0 Å². The zero-order chi connectivity index (χ0) is 18.7. The number of hydrogen-bond donors (Lipinski definition) is 2. The van der Waals surface area contributed by atoms with Gasteiger partial charge in [-0.25, -0.2) is 13.6 Å². The molecule has 1 aromatic rings. The Labute approximate surface area is 150 Å². The van der Waals surface area contributed by atoms with Gasteiger partial charge >= 0.3 is 5.97 Å². The molecule has 26 heavy (non-hydrogen) atoms. The first kappa shape index (κ1) is 19.0. The second-order valence-electron chi connectivity index (χ2n) is 6.79. The molecule has 1 aliphatic carbocycles. The smallest absolute Gasteiger partial charge is 0.332 e. The fraction of sp³-hybridized carbons (Fsp3) is 0.611. The lowest BCUT2D eigenvalue weighted by atomic mass is 9.91. The molecular weight excluding hydrogens is 348 g/mol. The van der Waals surface area contributed by atoms with Crippen LogP contribution in [0, 0.1) is 0 Å². The number of nitrogens with one attached hydrogen (secondary N) is 1. The van der Waals surface area contributed by atoms with Crippen molar-refractivity contribution in [3.05, 3.63) is 29.8 Å². The Bertz CT molecular complexity index is 617. The highest BCUT2D eigenvalue weighted by Crippen LogP contribution is 2.39. The minimum absolute atomic E-state index is 0.240. The van der Waals surface area contributed by atoms with Crippen LogP contribution >= 0.6 is 0 Å². The van der Waals surface area contributed by atoms with Gasteiger partial charge in [0, 0.05) is 19.4 Å². The van der Waals surface area contributed by atoms with Crippen LogP contribution in [0.25, 0.3) is 0 Å². The number of benzene rings is 1. The summed E-state index contributed by atoms with van der Waals surface area (Å²) in [6.07, 6.45) is -2.32. The molecule has 1 saturated carbocycles. The molecule has 0 unspecified atom stereocenters. The monoisotopic (exact) mass is 371 g/mol. The van der Waals surface area contributed by atoms with Gasteiger partial charge in [-0.2, -0.15) is 0 Å². The van der Waals surface area contributed by atoms with Gasteiger partial charge in [0.25, 0.3) is 5.92 Å². The van der Waals surface area contributed by atoms with Crippen LogP contribution in [0.3, 0.4) is 0 Å². The second-order valence-corrected chi connectivity index (χ2v) is 6.79. The molecule has 8 heteroatoms. The van der Waals surface area contributed by atoms with Crippen LogP contribution in [0.1, 0.15) is 18.4 Å². The predicted octanol–water partition coefficient (Wildman–Crippen LogP) is 1.30. The highest BCUT2D eigenvalue weighted by Gasteiger charge is 2.46. The van der Waals surface area contributed by atoms with E-state index in [9.17, 15) is 18.7 Å². The van der Waals surface area contributed by atoms with Gasteiger partial charge in [-0.3, -0.25) is 0 Å². The second kappa shape index (κ2) is 7.85. The number of methoxy groups -OCH3 is 1. The summed E-state index contributed by atoms with van der Waals surface area (Å²) in [6, 6.07) is 7.25. The summed E-state index contributed by atoms with van der Waals surface area (Å²) in [5.41, 5.74) is 1.01. The molecule has 1 aliphatic heterocycles. The van der Waals surface area contributed by atoms with Crippen LogP contribution in [0.4, 0.5) is 8.78 Å². The van der Waals surface area contributed by atoms with Crippen molar-refractivity contribution < 1.29 is 32.9 Å². The van der Waals surface area contributed by atoms with Crippen molar-refractivity contribution in [3.8, 4) is 5.75 Å². The number of aliphatic hydroxyl groups excluding tert-OH is 1. The molecular formula is C18H23F2NO5. The summed E-state index contributed by atoms with van der Waals surface area (Å²) < 4.78 is 41.1. The number of alkyl halides is 2. The Morgan fingerprint density at radius 3 is 2.62 bits per heavy atom. The highest BCUT2D eigenvalue weighted by atomic mass is 19.3. The molecule has 1 heterocycles. The molecule has 1 saturated heterocycles. The Hall–Kier alpha value is -1.77. The summed E-state index contributed by atoms with van der Waals surface area (Å²) in [7, 11) is 1.59. The number of carbonyl (C=O) groups is 1. The largest absolute Gasteiger partial charge is 0.497 e. The summed E-state index contributed by atoms with van der Waals surface area (Å²) >= 11 is 0. The maximum atomic E-state index is 12.8. The SMILES string of the molecule is COc1ccc(C[C@H]2NC[C@H](O)[C@H]2OC(=O)COC2CC(F)(F)C2)cc1. The van der Waals surface area contributed by atoms with Crippen molar-refractivity contribution in [3.63, 3.8) is 0 Å². The lowest BCUT2D eigenvalue weighted by Crippen LogP contribution is -2.43. The summed E-state index contributed by atoms with van der Waals surface area (Å²) in [4.78, 5) is 11.9. The predicted molar refractivity (Wildman–Crippen MR) is 88.3 cm³/mol. The maximum Gasteiger partial charge on any atom is 0.332 e. The fourth-order valence-corrected chi connectivity index (χ4v) is 3.23. The minimum atomic E-state index is -2.69. The standard InChI is InChI=1S/C18H23F2NO5/c1-24-12-4-2-11(3-5-12)6-14-17(15(22)9-21-14)26-16(23)10-25-13-7-18(19,20)8-13/h2-5,13-15,17,21-22H,6-10H2,1H3/t14-,15+,17+/m1/s1. The van der Waals surface area contributed by atoms with Gasteiger partial charge in [0.1, 0.15) is 24.6 Å². The fourth-order valence-electron chi connectivity index (χ4n) is 3.23. The van der Waals surface area contributed by atoms with Crippen LogP contribution < -0.4 is 10.1 Å². The van der Waals surface area contributed by atoms with Crippen LogP contribution in [0.15, 0.2) is 24.3 Å². The van der Waals surface area contributed by atoms with E-state index in [-0.39, 0.29) is 25.5 Å². The first-order valence-electron chi connectivity index (χ1n) is 8.59.